The number of hydrogen-bond acceptors (Lipinski definition) is 6. The maximum absolute atomic E-state index is 13.3. The maximum atomic E-state index is 13.3. The summed E-state index contributed by atoms with van der Waals surface area (Å²) in [5.41, 5.74) is -0.204. The normalized spacial score (nSPS) is 28.5. The summed E-state index contributed by atoms with van der Waals surface area (Å²) in [7, 11) is 1.44. The molecule has 0 bridgehead atoms. The molecule has 150 valence electrons. The minimum atomic E-state index is -1.48. The Balaban J connectivity index is 1.93. The Labute approximate surface area is 168 Å². The number of imide groups is 1. The number of phenolic OH excluding ortho intramolecular Hbond substituents is 1. The second-order valence-corrected chi connectivity index (χ2v) is 7.35. The fraction of sp³-hybridized carbons (Fsp3) is 0.318. The van der Waals surface area contributed by atoms with Crippen LogP contribution in [0.25, 0.3) is 0 Å². The highest BCUT2D eigenvalue weighted by atomic mass is 16.5. The van der Waals surface area contributed by atoms with Crippen LogP contribution in [0.2, 0.25) is 0 Å². The van der Waals surface area contributed by atoms with Gasteiger partial charge in [0.05, 0.1) is 18.4 Å². The third-order valence-corrected chi connectivity index (χ3v) is 5.86. The van der Waals surface area contributed by atoms with E-state index in [1.807, 2.05) is 6.07 Å². The van der Waals surface area contributed by atoms with Crippen LogP contribution >= 0.6 is 0 Å². The van der Waals surface area contributed by atoms with Gasteiger partial charge in [-0.2, -0.15) is 0 Å². The second kappa shape index (κ2) is 7.00. The molecule has 0 aliphatic carbocycles. The molecule has 2 amide bonds. The summed E-state index contributed by atoms with van der Waals surface area (Å²) in [5.74, 6) is -2.94. The van der Waals surface area contributed by atoms with Crippen LogP contribution in [0.3, 0.4) is 0 Å². The van der Waals surface area contributed by atoms with Gasteiger partial charge in [-0.3, -0.25) is 19.8 Å². The Morgan fingerprint density at radius 3 is 2.38 bits per heavy atom. The lowest BCUT2D eigenvalue weighted by Gasteiger charge is -2.33. The van der Waals surface area contributed by atoms with Gasteiger partial charge in [0.1, 0.15) is 5.75 Å². The van der Waals surface area contributed by atoms with E-state index in [2.05, 4.69) is 5.32 Å². The SMILES string of the molecule is CCOC(=O)[C@]1(c2ccccc2)N[C@H](c2ccc(O)cc2)[C@@H]2C(=O)N(C)C(=O)[C@H]21. The van der Waals surface area contributed by atoms with Gasteiger partial charge >= 0.3 is 5.97 Å². The molecule has 2 saturated heterocycles. The zero-order valence-electron chi connectivity index (χ0n) is 16.2. The number of likely N-dealkylation sites (tertiary alicyclic amines) is 1. The number of carbonyl (C=O) groups excluding carboxylic acids is 3. The number of fused-ring (bicyclic) bond motifs is 1. The molecule has 0 aromatic heterocycles. The Bertz CT molecular complexity index is 959. The quantitative estimate of drug-likeness (QED) is 0.606. The van der Waals surface area contributed by atoms with Crippen LogP contribution in [0.5, 0.6) is 5.75 Å². The zero-order chi connectivity index (χ0) is 20.8. The van der Waals surface area contributed by atoms with E-state index < -0.39 is 35.3 Å². The average Bonchev–Trinajstić information content (AvgIpc) is 3.20. The summed E-state index contributed by atoms with van der Waals surface area (Å²) >= 11 is 0. The predicted octanol–water partition coefficient (Wildman–Crippen LogP) is 1.73. The minimum Gasteiger partial charge on any atom is -0.508 e. The number of amides is 2. The standard InChI is InChI=1S/C22H22N2O5/c1-3-29-21(28)22(14-7-5-4-6-8-14)17-16(19(26)24(2)20(17)27)18(23-22)13-9-11-15(25)12-10-13/h4-12,16-18,23,25H,3H2,1-2H3/t16-,17+,18-,22-/m1/s1. The van der Waals surface area contributed by atoms with Crippen molar-refractivity contribution in [2.24, 2.45) is 11.8 Å². The van der Waals surface area contributed by atoms with Crippen molar-refractivity contribution in [3.8, 4) is 5.75 Å². The third-order valence-electron chi connectivity index (χ3n) is 5.86. The molecule has 2 N–H and O–H groups in total. The number of nitrogens with one attached hydrogen (secondary N) is 1. The lowest BCUT2D eigenvalue weighted by molar-refractivity contribution is -0.156. The number of ether oxygens (including phenoxy) is 1. The first-order valence-electron chi connectivity index (χ1n) is 9.52. The molecular weight excluding hydrogens is 372 g/mol. The number of benzene rings is 2. The van der Waals surface area contributed by atoms with E-state index in [9.17, 15) is 19.5 Å². The van der Waals surface area contributed by atoms with Crippen molar-refractivity contribution in [1.29, 1.82) is 0 Å². The average molecular weight is 394 g/mol. The summed E-state index contributed by atoms with van der Waals surface area (Å²) in [5, 5.41) is 12.9. The van der Waals surface area contributed by atoms with E-state index in [1.165, 1.54) is 19.2 Å². The fourth-order valence-electron chi connectivity index (χ4n) is 4.54. The molecule has 29 heavy (non-hydrogen) atoms. The summed E-state index contributed by atoms with van der Waals surface area (Å²) in [6.07, 6.45) is 0. The number of phenols is 1. The van der Waals surface area contributed by atoms with E-state index >= 15 is 0 Å². The van der Waals surface area contributed by atoms with Gasteiger partial charge in [0.2, 0.25) is 11.8 Å². The van der Waals surface area contributed by atoms with Crippen LogP contribution in [0.1, 0.15) is 24.1 Å². The highest BCUT2D eigenvalue weighted by Crippen LogP contribution is 2.53. The van der Waals surface area contributed by atoms with E-state index in [4.69, 9.17) is 4.74 Å². The van der Waals surface area contributed by atoms with Crippen LogP contribution in [0.15, 0.2) is 54.6 Å². The first kappa shape index (κ1) is 19.1. The molecule has 2 fully saturated rings. The van der Waals surface area contributed by atoms with Crippen LogP contribution in [-0.4, -0.2) is 41.4 Å². The number of nitrogens with zero attached hydrogens (tertiary/aromatic N) is 1. The molecule has 0 spiro atoms. The molecule has 0 radical (unpaired) electrons. The molecule has 4 atom stereocenters. The molecule has 7 heteroatoms. The van der Waals surface area contributed by atoms with Crippen molar-refractivity contribution in [2.45, 2.75) is 18.5 Å². The summed E-state index contributed by atoms with van der Waals surface area (Å²) in [4.78, 5) is 40.5. The van der Waals surface area contributed by atoms with Gasteiger partial charge in [0.15, 0.2) is 5.54 Å². The zero-order valence-corrected chi connectivity index (χ0v) is 16.2. The van der Waals surface area contributed by atoms with Crippen molar-refractivity contribution in [3.05, 3.63) is 65.7 Å². The second-order valence-electron chi connectivity index (χ2n) is 7.35. The molecule has 2 aliphatic rings. The summed E-state index contributed by atoms with van der Waals surface area (Å²) in [6, 6.07) is 14.7. The van der Waals surface area contributed by atoms with E-state index in [1.54, 1.807) is 43.3 Å². The van der Waals surface area contributed by atoms with Gasteiger partial charge < -0.3 is 9.84 Å². The monoisotopic (exact) mass is 394 g/mol. The Morgan fingerprint density at radius 2 is 1.76 bits per heavy atom. The van der Waals surface area contributed by atoms with Crippen molar-refractivity contribution in [3.63, 3.8) is 0 Å². The Morgan fingerprint density at radius 1 is 1.10 bits per heavy atom. The van der Waals surface area contributed by atoms with Gasteiger partial charge in [0, 0.05) is 13.1 Å². The van der Waals surface area contributed by atoms with Crippen molar-refractivity contribution in [1.82, 2.24) is 10.2 Å². The van der Waals surface area contributed by atoms with E-state index in [0.717, 1.165) is 4.90 Å². The van der Waals surface area contributed by atoms with Gasteiger partial charge in [-0.05, 0) is 30.2 Å². The molecular formula is C22H22N2O5. The lowest BCUT2D eigenvalue weighted by atomic mass is 9.75. The molecule has 2 heterocycles. The summed E-state index contributed by atoms with van der Waals surface area (Å²) in [6.45, 7) is 1.85. The molecule has 2 aromatic rings. The van der Waals surface area contributed by atoms with Gasteiger partial charge in [0.25, 0.3) is 0 Å². The topological polar surface area (TPSA) is 95.9 Å². The van der Waals surface area contributed by atoms with Gasteiger partial charge in [-0.1, -0.05) is 42.5 Å². The minimum absolute atomic E-state index is 0.0916. The first-order chi connectivity index (χ1) is 13.9. The van der Waals surface area contributed by atoms with Crippen LogP contribution < -0.4 is 5.32 Å². The molecule has 2 aromatic carbocycles. The van der Waals surface area contributed by atoms with Crippen LogP contribution in [0, 0.1) is 11.8 Å². The number of carbonyl (C=O) groups is 3. The van der Waals surface area contributed by atoms with Gasteiger partial charge in [-0.25, -0.2) is 4.79 Å². The maximum Gasteiger partial charge on any atom is 0.331 e. The van der Waals surface area contributed by atoms with Gasteiger partial charge in [-0.15, -0.1) is 0 Å². The van der Waals surface area contributed by atoms with E-state index in [0.29, 0.717) is 11.1 Å². The summed E-state index contributed by atoms with van der Waals surface area (Å²) < 4.78 is 5.39. The van der Waals surface area contributed by atoms with Crippen molar-refractivity contribution < 1.29 is 24.2 Å². The largest absolute Gasteiger partial charge is 0.508 e. The van der Waals surface area contributed by atoms with Crippen molar-refractivity contribution >= 4 is 17.8 Å². The molecule has 4 rings (SSSR count). The molecule has 7 nitrogen and oxygen atoms in total. The van der Waals surface area contributed by atoms with E-state index in [-0.39, 0.29) is 18.3 Å². The lowest BCUT2D eigenvalue weighted by Crippen LogP contribution is -2.53. The van der Waals surface area contributed by atoms with Crippen LogP contribution in [-0.2, 0) is 24.7 Å². The fourth-order valence-corrected chi connectivity index (χ4v) is 4.54. The molecule has 0 saturated carbocycles. The predicted molar refractivity (Wildman–Crippen MR) is 103 cm³/mol. The molecule has 2 aliphatic heterocycles. The molecule has 0 unspecified atom stereocenters. The highest BCUT2D eigenvalue weighted by Gasteiger charge is 2.69. The Kier molecular flexibility index (Phi) is 4.62. The third kappa shape index (κ3) is 2.73. The number of hydrogen-bond donors (Lipinski definition) is 2. The first-order valence-corrected chi connectivity index (χ1v) is 9.52. The Hall–Kier alpha value is -3.19. The highest BCUT2D eigenvalue weighted by molar-refractivity contribution is 6.09. The number of aromatic hydroxyl groups is 1. The van der Waals surface area contributed by atoms with Crippen molar-refractivity contribution in [2.75, 3.05) is 13.7 Å². The number of esters is 1. The number of rotatable bonds is 4. The smallest absolute Gasteiger partial charge is 0.331 e. The van der Waals surface area contributed by atoms with Crippen LogP contribution in [0.4, 0.5) is 0 Å².